The summed E-state index contributed by atoms with van der Waals surface area (Å²) in [6.07, 6.45) is 7.65. The van der Waals surface area contributed by atoms with Crippen molar-refractivity contribution in [3.63, 3.8) is 0 Å². The van der Waals surface area contributed by atoms with Gasteiger partial charge in [0.15, 0.2) is 0 Å². The van der Waals surface area contributed by atoms with Gasteiger partial charge in [-0.3, -0.25) is 4.79 Å². The molecule has 1 aliphatic rings. The fourth-order valence-corrected chi connectivity index (χ4v) is 3.78. The maximum atomic E-state index is 10.6. The van der Waals surface area contributed by atoms with Crippen molar-refractivity contribution >= 4 is 17.0 Å². The van der Waals surface area contributed by atoms with Crippen LogP contribution in [-0.2, 0) is 24.7 Å². The number of aliphatic carboxylic acids is 1. The number of aromatic nitrogens is 2. The molecule has 5 heteroatoms. The number of imidazole rings is 1. The molecule has 0 unspecified atom stereocenters. The summed E-state index contributed by atoms with van der Waals surface area (Å²) in [5, 5.41) is 12.1. The summed E-state index contributed by atoms with van der Waals surface area (Å²) in [6.45, 7) is 2.30. The molecule has 0 amide bonds. The van der Waals surface area contributed by atoms with Crippen molar-refractivity contribution < 1.29 is 9.90 Å². The Morgan fingerprint density at radius 1 is 1.28 bits per heavy atom. The largest absolute Gasteiger partial charge is 0.481 e. The van der Waals surface area contributed by atoms with Crippen molar-refractivity contribution in [2.45, 2.75) is 51.4 Å². The van der Waals surface area contributed by atoms with Crippen LogP contribution in [-0.4, -0.2) is 33.7 Å². The predicted molar refractivity (Wildman–Crippen MR) is 99.8 cm³/mol. The molecule has 0 saturated carbocycles. The van der Waals surface area contributed by atoms with E-state index in [1.54, 1.807) is 0 Å². The minimum absolute atomic E-state index is 0.257. The van der Waals surface area contributed by atoms with E-state index in [2.05, 4.69) is 35.1 Å². The minimum atomic E-state index is -0.710. The van der Waals surface area contributed by atoms with E-state index in [4.69, 9.17) is 10.1 Å². The minimum Gasteiger partial charge on any atom is -0.481 e. The first-order valence-corrected chi connectivity index (χ1v) is 9.50. The molecule has 2 N–H and O–H groups in total. The second-order valence-electron chi connectivity index (χ2n) is 7.24. The number of benzene rings is 1. The zero-order valence-corrected chi connectivity index (χ0v) is 15.1. The molecule has 5 nitrogen and oxygen atoms in total. The Morgan fingerprint density at radius 3 is 2.84 bits per heavy atom. The van der Waals surface area contributed by atoms with Gasteiger partial charge in [0.25, 0.3) is 0 Å². The van der Waals surface area contributed by atoms with Crippen LogP contribution in [0, 0.1) is 5.92 Å². The van der Waals surface area contributed by atoms with Crippen LogP contribution in [0.3, 0.4) is 0 Å². The lowest BCUT2D eigenvalue weighted by molar-refractivity contribution is -0.137. The molecule has 136 valence electrons. The predicted octanol–water partition coefficient (Wildman–Crippen LogP) is 3.30. The van der Waals surface area contributed by atoms with Gasteiger partial charge in [-0.2, -0.15) is 0 Å². The summed E-state index contributed by atoms with van der Waals surface area (Å²) in [5.41, 5.74) is 3.51. The molecular formula is C20H29N3O2. The number of unbranched alkanes of at least 4 members (excludes halogenated alkanes) is 1. The van der Waals surface area contributed by atoms with Gasteiger partial charge in [0, 0.05) is 19.9 Å². The Morgan fingerprint density at radius 2 is 2.08 bits per heavy atom. The topological polar surface area (TPSA) is 67.2 Å². The summed E-state index contributed by atoms with van der Waals surface area (Å²) in [4.78, 5) is 15.5. The number of fused-ring (bicyclic) bond motifs is 1. The standard InChI is InChI=1S/C20H29N3O2/c1-23-18-8-6-16(4-2-3-5-20(24)25)14-17(18)22-19(23)9-7-15-10-12-21-13-11-15/h6,8,14-15,21H,2-5,7,9-13H2,1H3,(H,24,25). The number of hydrogen-bond acceptors (Lipinski definition) is 3. The molecule has 3 rings (SSSR count). The summed E-state index contributed by atoms with van der Waals surface area (Å²) in [6, 6.07) is 6.48. The van der Waals surface area contributed by atoms with Crippen LogP contribution < -0.4 is 5.32 Å². The zero-order chi connectivity index (χ0) is 17.6. The fourth-order valence-electron chi connectivity index (χ4n) is 3.78. The van der Waals surface area contributed by atoms with Gasteiger partial charge >= 0.3 is 5.97 Å². The van der Waals surface area contributed by atoms with E-state index in [0.717, 1.165) is 50.2 Å². The Kier molecular flexibility index (Phi) is 6.08. The molecule has 0 aliphatic carbocycles. The number of piperidine rings is 1. The average Bonchev–Trinajstić information content (AvgIpc) is 2.93. The fraction of sp³-hybridized carbons (Fsp3) is 0.600. The zero-order valence-electron chi connectivity index (χ0n) is 15.1. The number of aryl methyl sites for hydroxylation is 3. The van der Waals surface area contributed by atoms with E-state index in [-0.39, 0.29) is 6.42 Å². The SMILES string of the molecule is Cn1c(CCC2CCNCC2)nc2cc(CCCCC(=O)O)ccc21. The molecular weight excluding hydrogens is 314 g/mol. The summed E-state index contributed by atoms with van der Waals surface area (Å²) in [7, 11) is 2.11. The Balaban J connectivity index is 1.61. The third-order valence-corrected chi connectivity index (χ3v) is 5.38. The van der Waals surface area contributed by atoms with Crippen molar-refractivity contribution in [1.82, 2.24) is 14.9 Å². The van der Waals surface area contributed by atoms with Crippen molar-refractivity contribution in [2.75, 3.05) is 13.1 Å². The number of rotatable bonds is 8. The molecule has 0 spiro atoms. The van der Waals surface area contributed by atoms with E-state index in [0.29, 0.717) is 0 Å². The van der Waals surface area contributed by atoms with Crippen molar-refractivity contribution in [3.05, 3.63) is 29.6 Å². The number of carboxylic acids is 1. The van der Waals surface area contributed by atoms with E-state index < -0.39 is 5.97 Å². The molecule has 0 bridgehead atoms. The third-order valence-electron chi connectivity index (χ3n) is 5.38. The summed E-state index contributed by atoms with van der Waals surface area (Å²) >= 11 is 0. The number of nitrogens with one attached hydrogen (secondary N) is 1. The normalized spacial score (nSPS) is 15.7. The number of hydrogen-bond donors (Lipinski definition) is 2. The van der Waals surface area contributed by atoms with Gasteiger partial charge in [-0.1, -0.05) is 6.07 Å². The van der Waals surface area contributed by atoms with Gasteiger partial charge in [-0.05, 0) is 75.2 Å². The summed E-state index contributed by atoms with van der Waals surface area (Å²) < 4.78 is 2.23. The molecule has 0 atom stereocenters. The van der Waals surface area contributed by atoms with Crippen molar-refractivity contribution in [1.29, 1.82) is 0 Å². The number of carboxylic acid groups (broad SMARTS) is 1. The molecule has 1 aromatic heterocycles. The van der Waals surface area contributed by atoms with Gasteiger partial charge in [0.05, 0.1) is 11.0 Å². The molecule has 1 aromatic carbocycles. The molecule has 25 heavy (non-hydrogen) atoms. The Labute approximate surface area is 149 Å². The molecule has 1 saturated heterocycles. The first-order valence-electron chi connectivity index (χ1n) is 9.50. The highest BCUT2D eigenvalue weighted by molar-refractivity contribution is 5.76. The quantitative estimate of drug-likeness (QED) is 0.722. The van der Waals surface area contributed by atoms with Crippen LogP contribution in [0.1, 0.15) is 49.9 Å². The first-order chi connectivity index (χ1) is 12.1. The highest BCUT2D eigenvalue weighted by atomic mass is 16.4. The highest BCUT2D eigenvalue weighted by Crippen LogP contribution is 2.22. The average molecular weight is 343 g/mol. The Bertz CT molecular complexity index is 717. The van der Waals surface area contributed by atoms with E-state index >= 15 is 0 Å². The molecule has 2 aromatic rings. The lowest BCUT2D eigenvalue weighted by atomic mass is 9.93. The molecule has 1 fully saturated rings. The van der Waals surface area contributed by atoms with E-state index in [9.17, 15) is 4.79 Å². The maximum Gasteiger partial charge on any atom is 0.303 e. The van der Waals surface area contributed by atoms with Gasteiger partial charge in [0.1, 0.15) is 5.82 Å². The van der Waals surface area contributed by atoms with Crippen LogP contribution in [0.5, 0.6) is 0 Å². The van der Waals surface area contributed by atoms with Crippen LogP contribution in [0.4, 0.5) is 0 Å². The van der Waals surface area contributed by atoms with E-state index in [1.165, 1.54) is 36.2 Å². The van der Waals surface area contributed by atoms with Gasteiger partial charge in [-0.15, -0.1) is 0 Å². The van der Waals surface area contributed by atoms with Gasteiger partial charge < -0.3 is 15.0 Å². The first kappa shape index (κ1) is 17.9. The summed E-state index contributed by atoms with van der Waals surface area (Å²) in [5.74, 6) is 1.29. The maximum absolute atomic E-state index is 10.6. The molecule has 2 heterocycles. The van der Waals surface area contributed by atoms with Gasteiger partial charge in [0.2, 0.25) is 0 Å². The van der Waals surface area contributed by atoms with E-state index in [1.807, 2.05) is 0 Å². The Hall–Kier alpha value is -1.88. The van der Waals surface area contributed by atoms with Gasteiger partial charge in [-0.25, -0.2) is 4.98 Å². The number of nitrogens with zero attached hydrogens (tertiary/aromatic N) is 2. The highest BCUT2D eigenvalue weighted by Gasteiger charge is 2.15. The van der Waals surface area contributed by atoms with Crippen LogP contribution in [0.15, 0.2) is 18.2 Å². The number of carbonyl (C=O) groups is 1. The molecule has 1 aliphatic heterocycles. The molecule has 0 radical (unpaired) electrons. The second kappa shape index (κ2) is 8.48. The monoisotopic (exact) mass is 343 g/mol. The lowest BCUT2D eigenvalue weighted by Crippen LogP contribution is -2.28. The smallest absolute Gasteiger partial charge is 0.303 e. The van der Waals surface area contributed by atoms with Crippen LogP contribution >= 0.6 is 0 Å². The lowest BCUT2D eigenvalue weighted by Gasteiger charge is -2.22. The third kappa shape index (κ3) is 4.82. The second-order valence-corrected chi connectivity index (χ2v) is 7.24. The van der Waals surface area contributed by atoms with Crippen LogP contribution in [0.2, 0.25) is 0 Å². The van der Waals surface area contributed by atoms with Crippen molar-refractivity contribution in [3.8, 4) is 0 Å². The van der Waals surface area contributed by atoms with Crippen molar-refractivity contribution in [2.24, 2.45) is 13.0 Å². The van der Waals surface area contributed by atoms with Crippen LogP contribution in [0.25, 0.3) is 11.0 Å².